The Morgan fingerprint density at radius 1 is 1.26 bits per heavy atom. The number of carbonyl (C=O) groups is 1. The lowest BCUT2D eigenvalue weighted by atomic mass is 9.72. The van der Waals surface area contributed by atoms with Crippen molar-refractivity contribution >= 4 is 5.91 Å². The number of rotatable bonds is 7. The highest BCUT2D eigenvalue weighted by molar-refractivity contribution is 5.82. The van der Waals surface area contributed by atoms with Gasteiger partial charge in [-0.25, -0.2) is 0 Å². The summed E-state index contributed by atoms with van der Waals surface area (Å²) in [6.45, 7) is 7.13. The van der Waals surface area contributed by atoms with Gasteiger partial charge < -0.3 is 10.4 Å². The number of amides is 1. The normalized spacial score (nSPS) is 26.3. The number of aliphatic hydroxyl groups is 1. The van der Waals surface area contributed by atoms with Crippen LogP contribution in [0.5, 0.6) is 0 Å². The van der Waals surface area contributed by atoms with Gasteiger partial charge in [-0.1, -0.05) is 54.7 Å². The molecule has 0 radical (unpaired) electrons. The summed E-state index contributed by atoms with van der Waals surface area (Å²) in [5, 5.41) is 18.1. The van der Waals surface area contributed by atoms with Crippen molar-refractivity contribution in [1.82, 2.24) is 10.2 Å². The number of piperidine rings is 1. The van der Waals surface area contributed by atoms with E-state index in [0.717, 1.165) is 18.5 Å². The summed E-state index contributed by atoms with van der Waals surface area (Å²) >= 11 is 0. The quantitative estimate of drug-likeness (QED) is 0.390. The van der Waals surface area contributed by atoms with E-state index in [0.29, 0.717) is 24.8 Å². The minimum atomic E-state index is -0.832. The highest BCUT2D eigenvalue weighted by atomic mass is 16.3. The number of nitrogens with one attached hydrogen (secondary N) is 1. The Morgan fingerprint density at radius 3 is 2.58 bits per heavy atom. The molecule has 2 N–H and O–H groups in total. The molecule has 1 aliphatic carbocycles. The molecule has 0 aromatic heterocycles. The van der Waals surface area contributed by atoms with Crippen LogP contribution in [-0.4, -0.2) is 52.7 Å². The molecule has 31 heavy (non-hydrogen) atoms. The fourth-order valence-corrected chi connectivity index (χ4v) is 5.16. The number of carbonyl (C=O) groups excluding carboxylic acids is 1. The number of fused-ring (bicyclic) bond motifs is 1. The van der Waals surface area contributed by atoms with Crippen molar-refractivity contribution < 1.29 is 9.90 Å². The smallest absolute Gasteiger partial charge is 0.237 e. The van der Waals surface area contributed by atoms with E-state index in [-0.39, 0.29) is 17.5 Å². The lowest BCUT2D eigenvalue weighted by Crippen LogP contribution is -2.59. The molecule has 0 unspecified atom stereocenters. The van der Waals surface area contributed by atoms with Gasteiger partial charge in [-0.3, -0.25) is 9.69 Å². The predicted octanol–water partition coefficient (Wildman–Crippen LogP) is 4.06. The molecule has 0 bridgehead atoms. The van der Waals surface area contributed by atoms with Gasteiger partial charge in [0, 0.05) is 23.5 Å². The Labute approximate surface area is 185 Å². The third-order valence-corrected chi connectivity index (χ3v) is 6.66. The topological polar surface area (TPSA) is 101 Å². The second kappa shape index (κ2) is 10.5. The molecule has 1 saturated carbocycles. The van der Waals surface area contributed by atoms with Crippen LogP contribution in [-0.2, 0) is 11.2 Å². The molecule has 5 atom stereocenters. The highest BCUT2D eigenvalue weighted by Crippen LogP contribution is 2.39. The number of hydrogen-bond acceptors (Lipinski definition) is 4. The van der Waals surface area contributed by atoms with Gasteiger partial charge in [0.05, 0.1) is 18.2 Å². The lowest BCUT2D eigenvalue weighted by Gasteiger charge is -2.46. The van der Waals surface area contributed by atoms with Crippen LogP contribution in [0.4, 0.5) is 0 Å². The molecule has 2 aliphatic rings. The molecule has 1 saturated heterocycles. The van der Waals surface area contributed by atoms with Crippen molar-refractivity contribution in [3.63, 3.8) is 0 Å². The molecular weight excluding hydrogens is 390 g/mol. The monoisotopic (exact) mass is 427 g/mol. The molecule has 7 nitrogen and oxygen atoms in total. The van der Waals surface area contributed by atoms with Gasteiger partial charge in [0.2, 0.25) is 5.91 Å². The second-order valence-corrected chi connectivity index (χ2v) is 10.3. The first kappa shape index (κ1) is 23.6. The average molecular weight is 428 g/mol. The van der Waals surface area contributed by atoms with E-state index in [1.807, 2.05) is 51.1 Å². The maximum Gasteiger partial charge on any atom is 0.237 e. The molecule has 0 spiro atoms. The molecule has 2 fully saturated rings. The molecule has 7 heteroatoms. The maximum atomic E-state index is 13.2. The molecule has 1 heterocycles. The maximum absolute atomic E-state index is 13.2. The number of benzene rings is 1. The zero-order valence-electron chi connectivity index (χ0n) is 19.1. The number of hydrogen-bond donors (Lipinski definition) is 2. The van der Waals surface area contributed by atoms with Gasteiger partial charge >= 0.3 is 0 Å². The zero-order chi connectivity index (χ0) is 22.4. The Morgan fingerprint density at radius 2 is 1.94 bits per heavy atom. The first-order chi connectivity index (χ1) is 14.8. The van der Waals surface area contributed by atoms with Crippen molar-refractivity contribution in [2.45, 2.75) is 83.0 Å². The number of azide groups is 1. The molecular formula is C24H37N5O2. The zero-order valence-corrected chi connectivity index (χ0v) is 19.1. The van der Waals surface area contributed by atoms with E-state index in [1.54, 1.807) is 0 Å². The van der Waals surface area contributed by atoms with Crippen LogP contribution in [0.15, 0.2) is 35.4 Å². The first-order valence-electron chi connectivity index (χ1n) is 11.6. The van der Waals surface area contributed by atoms with Gasteiger partial charge in [0.1, 0.15) is 0 Å². The van der Waals surface area contributed by atoms with E-state index < -0.39 is 12.1 Å². The molecule has 1 aliphatic heterocycles. The number of likely N-dealkylation sites (tertiary alicyclic amines) is 1. The minimum absolute atomic E-state index is 0.0344. The van der Waals surface area contributed by atoms with E-state index in [9.17, 15) is 9.90 Å². The standard InChI is InChI=1S/C24H37N5O2/c1-24(2,3)26-23(31)21-14-18-11-7-8-12-19(18)15-29(21)16-22(30)20(27-28-25)13-17-9-5-4-6-10-17/h4-6,9-10,18-22,30H,7-8,11-16H2,1-3H3,(H,26,31)/t18-,19+,20-,21-,22+/m0/s1. The summed E-state index contributed by atoms with van der Waals surface area (Å²) < 4.78 is 0. The van der Waals surface area contributed by atoms with Crippen LogP contribution in [0.25, 0.3) is 10.4 Å². The minimum Gasteiger partial charge on any atom is -0.391 e. The van der Waals surface area contributed by atoms with Gasteiger partial charge in [-0.15, -0.1) is 0 Å². The van der Waals surface area contributed by atoms with E-state index in [1.165, 1.54) is 25.7 Å². The molecule has 1 amide bonds. The van der Waals surface area contributed by atoms with Crippen molar-refractivity contribution in [2.24, 2.45) is 17.0 Å². The van der Waals surface area contributed by atoms with Gasteiger partial charge in [0.15, 0.2) is 0 Å². The number of β-amino-alcohol motifs (C(OH)–C–C–N with tert-alkyl or cyclic N) is 1. The van der Waals surface area contributed by atoms with Gasteiger partial charge in [0.25, 0.3) is 0 Å². The summed E-state index contributed by atoms with van der Waals surface area (Å²) in [5.74, 6) is 1.19. The Kier molecular flexibility index (Phi) is 7.98. The number of nitrogens with zero attached hydrogens (tertiary/aromatic N) is 4. The van der Waals surface area contributed by atoms with Crippen LogP contribution in [0, 0.1) is 11.8 Å². The predicted molar refractivity (Wildman–Crippen MR) is 122 cm³/mol. The molecule has 170 valence electrons. The first-order valence-corrected chi connectivity index (χ1v) is 11.6. The second-order valence-electron chi connectivity index (χ2n) is 10.3. The van der Waals surface area contributed by atoms with Crippen molar-refractivity contribution in [3.8, 4) is 0 Å². The summed E-state index contributed by atoms with van der Waals surface area (Å²) in [5.41, 5.74) is 9.78. The third-order valence-electron chi connectivity index (χ3n) is 6.66. The Balaban J connectivity index is 1.75. The molecule has 1 aromatic carbocycles. The van der Waals surface area contributed by atoms with Crippen molar-refractivity contribution in [1.29, 1.82) is 0 Å². The highest BCUT2D eigenvalue weighted by Gasteiger charge is 2.41. The van der Waals surface area contributed by atoms with Crippen LogP contribution in [0.3, 0.4) is 0 Å². The number of aliphatic hydroxyl groups excluding tert-OH is 1. The average Bonchev–Trinajstić information content (AvgIpc) is 2.72. The van der Waals surface area contributed by atoms with Crippen LogP contribution < -0.4 is 5.32 Å². The Bertz CT molecular complexity index is 772. The third kappa shape index (κ3) is 6.70. The summed E-state index contributed by atoms with van der Waals surface area (Å²) in [6.07, 6.45) is 5.35. The van der Waals surface area contributed by atoms with Gasteiger partial charge in [-0.2, -0.15) is 0 Å². The van der Waals surface area contributed by atoms with Gasteiger partial charge in [-0.05, 0) is 63.0 Å². The summed E-state index contributed by atoms with van der Waals surface area (Å²) in [7, 11) is 0. The van der Waals surface area contributed by atoms with E-state index in [2.05, 4.69) is 20.2 Å². The fourth-order valence-electron chi connectivity index (χ4n) is 5.16. The Hall–Kier alpha value is -2.08. The van der Waals surface area contributed by atoms with Crippen LogP contribution in [0.2, 0.25) is 0 Å². The fraction of sp³-hybridized carbons (Fsp3) is 0.708. The molecule has 1 aromatic rings. The SMILES string of the molecule is CC(C)(C)NC(=O)[C@@H]1C[C@@H]2CCCC[C@@H]2CN1C[C@@H](O)[C@H](Cc1ccccc1)N=[N+]=[N-]. The lowest BCUT2D eigenvalue weighted by molar-refractivity contribution is -0.132. The van der Waals surface area contributed by atoms with E-state index in [4.69, 9.17) is 5.53 Å². The van der Waals surface area contributed by atoms with Crippen LogP contribution in [0.1, 0.15) is 58.4 Å². The largest absolute Gasteiger partial charge is 0.391 e. The van der Waals surface area contributed by atoms with Crippen molar-refractivity contribution in [3.05, 3.63) is 46.3 Å². The summed E-state index contributed by atoms with van der Waals surface area (Å²) in [6, 6.07) is 8.94. The van der Waals surface area contributed by atoms with E-state index >= 15 is 0 Å². The summed E-state index contributed by atoms with van der Waals surface area (Å²) in [4.78, 5) is 18.3. The molecule has 3 rings (SSSR count). The van der Waals surface area contributed by atoms with Crippen LogP contribution >= 0.6 is 0 Å². The van der Waals surface area contributed by atoms with Crippen molar-refractivity contribution in [2.75, 3.05) is 13.1 Å².